The van der Waals surface area contributed by atoms with Gasteiger partial charge in [-0.1, -0.05) is 60.7 Å². The molecule has 37 heavy (non-hydrogen) atoms. The van der Waals surface area contributed by atoms with Gasteiger partial charge in [0, 0.05) is 36.7 Å². The summed E-state index contributed by atoms with van der Waals surface area (Å²) in [5, 5.41) is 1.96. The van der Waals surface area contributed by atoms with Gasteiger partial charge in [-0.25, -0.2) is 0 Å². The van der Waals surface area contributed by atoms with E-state index in [4.69, 9.17) is 26.9 Å². The molecule has 0 amide bonds. The number of rotatable bonds is 8. The van der Waals surface area contributed by atoms with Crippen LogP contribution in [0.3, 0.4) is 0 Å². The van der Waals surface area contributed by atoms with Crippen LogP contribution in [-0.2, 0) is 38.7 Å². The molecule has 192 valence electrons. The Morgan fingerprint density at radius 1 is 0.784 bits per heavy atom. The van der Waals surface area contributed by atoms with E-state index in [1.54, 1.807) is 18.2 Å². The molecular formula is C26H26O9Si2. The molecule has 1 heterocycles. The third-order valence-electron chi connectivity index (χ3n) is 5.34. The third-order valence-corrected chi connectivity index (χ3v) is 10.9. The molecule has 0 aromatic heterocycles. The molecule has 0 radical (unpaired) electrons. The monoisotopic (exact) mass is 538 g/mol. The molecule has 3 aromatic carbocycles. The van der Waals surface area contributed by atoms with E-state index in [1.807, 2.05) is 60.7 Å². The van der Waals surface area contributed by atoms with Crippen LogP contribution in [0.1, 0.15) is 26.3 Å². The molecule has 0 spiro atoms. The Hall–Kier alpha value is -3.94. The van der Waals surface area contributed by atoms with Gasteiger partial charge >= 0.3 is 17.4 Å². The number of hydrogen-bond donors (Lipinski definition) is 0. The summed E-state index contributed by atoms with van der Waals surface area (Å²) in [4.78, 5) is 35.0. The Morgan fingerprint density at radius 3 is 1.78 bits per heavy atom. The first-order chi connectivity index (χ1) is 17.7. The maximum absolute atomic E-state index is 11.7. The highest BCUT2D eigenvalue weighted by molar-refractivity contribution is 6.93. The second-order valence-electron chi connectivity index (χ2n) is 8.26. The fourth-order valence-electron chi connectivity index (χ4n) is 3.97. The molecule has 4 rings (SSSR count). The van der Waals surface area contributed by atoms with Gasteiger partial charge in [0.15, 0.2) is 6.23 Å². The molecule has 3 aromatic rings. The lowest BCUT2D eigenvalue weighted by Crippen LogP contribution is -2.66. The van der Waals surface area contributed by atoms with Crippen LogP contribution >= 0.6 is 0 Å². The standard InChI is InChI=1S/C26H26O9Si2/c1-19(27)32-36(33-20(2)28,34-21(3)29)18-30-23-14-15-26-22(16-23)17-31-37(35-26,24-10-6-4-7-11-24)25-12-8-5-9-13-25/h4-16H,17-18H2,1-3H3. The van der Waals surface area contributed by atoms with E-state index in [1.165, 1.54) is 0 Å². The van der Waals surface area contributed by atoms with E-state index in [0.717, 1.165) is 36.7 Å². The molecule has 1 aliphatic rings. The van der Waals surface area contributed by atoms with Gasteiger partial charge in [-0.3, -0.25) is 14.4 Å². The first kappa shape index (κ1) is 26.1. The van der Waals surface area contributed by atoms with Crippen molar-refractivity contribution in [3.05, 3.63) is 84.4 Å². The lowest BCUT2D eigenvalue weighted by Gasteiger charge is -2.36. The second-order valence-corrected chi connectivity index (χ2v) is 13.4. The van der Waals surface area contributed by atoms with Crippen LogP contribution < -0.4 is 19.5 Å². The van der Waals surface area contributed by atoms with Crippen molar-refractivity contribution in [1.82, 2.24) is 0 Å². The highest BCUT2D eigenvalue weighted by atomic mass is 28.4. The van der Waals surface area contributed by atoms with Crippen molar-refractivity contribution in [2.24, 2.45) is 0 Å². The lowest BCUT2D eigenvalue weighted by molar-refractivity contribution is -0.148. The zero-order chi connectivity index (χ0) is 26.5. The van der Waals surface area contributed by atoms with Crippen LogP contribution in [0.25, 0.3) is 0 Å². The Bertz CT molecular complexity index is 1200. The van der Waals surface area contributed by atoms with Gasteiger partial charge in [0.25, 0.3) is 17.9 Å². The minimum absolute atomic E-state index is 0.267. The van der Waals surface area contributed by atoms with Crippen molar-refractivity contribution >= 4 is 45.6 Å². The molecule has 1 aliphatic heterocycles. The zero-order valence-corrected chi connectivity index (χ0v) is 22.6. The number of benzene rings is 3. The maximum Gasteiger partial charge on any atom is 0.745 e. The van der Waals surface area contributed by atoms with E-state index in [9.17, 15) is 14.4 Å². The molecule has 0 saturated carbocycles. The molecule has 0 unspecified atom stereocenters. The molecule has 0 bridgehead atoms. The number of fused-ring (bicyclic) bond motifs is 1. The van der Waals surface area contributed by atoms with Crippen molar-refractivity contribution < 1.29 is 41.3 Å². The minimum atomic E-state index is -4.14. The van der Waals surface area contributed by atoms with Crippen molar-refractivity contribution in [2.45, 2.75) is 27.4 Å². The number of carbonyl (C=O) groups excluding carboxylic acids is 3. The Balaban J connectivity index is 1.60. The number of carbonyl (C=O) groups is 3. The van der Waals surface area contributed by atoms with E-state index < -0.39 is 41.5 Å². The van der Waals surface area contributed by atoms with Gasteiger partial charge in [-0.2, -0.15) is 0 Å². The summed E-state index contributed by atoms with van der Waals surface area (Å²) >= 11 is 0. The average molecular weight is 539 g/mol. The van der Waals surface area contributed by atoms with Crippen LogP contribution in [0.2, 0.25) is 0 Å². The summed E-state index contributed by atoms with van der Waals surface area (Å²) in [6.07, 6.45) is -0.445. The summed E-state index contributed by atoms with van der Waals surface area (Å²) < 4.78 is 34.4. The first-order valence-electron chi connectivity index (χ1n) is 11.5. The predicted molar refractivity (Wildman–Crippen MR) is 136 cm³/mol. The van der Waals surface area contributed by atoms with Crippen LogP contribution in [0, 0.1) is 0 Å². The average Bonchev–Trinajstić information content (AvgIpc) is 2.87. The normalized spacial score (nSPS) is 13.9. The highest BCUT2D eigenvalue weighted by Crippen LogP contribution is 2.32. The van der Waals surface area contributed by atoms with E-state index in [-0.39, 0.29) is 6.61 Å². The van der Waals surface area contributed by atoms with E-state index in [0.29, 0.717) is 11.5 Å². The molecule has 0 saturated heterocycles. The SMILES string of the molecule is CC(=O)O[Si](COc1ccc2c(c1)CO[Si](c1ccccc1)(c1ccccc1)O2)(OC(C)=O)OC(C)=O. The van der Waals surface area contributed by atoms with Gasteiger partial charge in [0.2, 0.25) is 0 Å². The topological polar surface area (TPSA) is 107 Å². The Kier molecular flexibility index (Phi) is 7.76. The quantitative estimate of drug-likeness (QED) is 0.400. The van der Waals surface area contributed by atoms with Gasteiger partial charge < -0.3 is 26.9 Å². The maximum atomic E-state index is 11.7. The summed E-state index contributed by atoms with van der Waals surface area (Å²) in [7, 11) is -7.15. The molecular weight excluding hydrogens is 512 g/mol. The fraction of sp³-hybridized carbons (Fsp3) is 0.192. The number of hydrogen-bond acceptors (Lipinski definition) is 9. The van der Waals surface area contributed by atoms with Gasteiger partial charge in [-0.05, 0) is 18.2 Å². The molecule has 0 aliphatic carbocycles. The van der Waals surface area contributed by atoms with Gasteiger partial charge in [0.05, 0.1) is 6.61 Å². The number of ether oxygens (including phenoxy) is 1. The molecule has 0 N–H and O–H groups in total. The van der Waals surface area contributed by atoms with Crippen LogP contribution in [0.4, 0.5) is 0 Å². The molecule has 0 atom stereocenters. The summed E-state index contributed by atoms with van der Waals surface area (Å²) in [5.41, 5.74) is 0.743. The molecule has 11 heteroatoms. The Morgan fingerprint density at radius 2 is 1.30 bits per heavy atom. The Labute approximate surface area is 216 Å². The summed E-state index contributed by atoms with van der Waals surface area (Å²) in [6.45, 7) is 3.64. The second kappa shape index (κ2) is 11.0. The van der Waals surface area contributed by atoms with Gasteiger partial charge in [0.1, 0.15) is 11.5 Å². The van der Waals surface area contributed by atoms with E-state index >= 15 is 0 Å². The lowest BCUT2D eigenvalue weighted by atomic mass is 10.2. The van der Waals surface area contributed by atoms with E-state index in [2.05, 4.69) is 0 Å². The first-order valence-corrected chi connectivity index (χ1v) is 15.2. The zero-order valence-electron chi connectivity index (χ0n) is 20.6. The van der Waals surface area contributed by atoms with Crippen molar-refractivity contribution in [2.75, 3.05) is 6.23 Å². The smallest absolute Gasteiger partial charge is 0.514 e. The summed E-state index contributed by atoms with van der Waals surface area (Å²) in [5.74, 6) is -1.29. The van der Waals surface area contributed by atoms with Crippen LogP contribution in [-0.4, -0.2) is 41.5 Å². The largest absolute Gasteiger partial charge is 0.745 e. The van der Waals surface area contributed by atoms with Crippen molar-refractivity contribution in [1.29, 1.82) is 0 Å². The van der Waals surface area contributed by atoms with Gasteiger partial charge in [-0.15, -0.1) is 0 Å². The third kappa shape index (κ3) is 6.08. The molecule has 9 nitrogen and oxygen atoms in total. The van der Waals surface area contributed by atoms with Crippen LogP contribution in [0.15, 0.2) is 78.9 Å². The van der Waals surface area contributed by atoms with Crippen molar-refractivity contribution in [3.8, 4) is 11.5 Å². The summed E-state index contributed by atoms with van der Waals surface area (Å²) in [6, 6.07) is 24.9. The molecule has 0 fully saturated rings. The van der Waals surface area contributed by atoms with Crippen molar-refractivity contribution in [3.63, 3.8) is 0 Å². The fourth-order valence-corrected chi connectivity index (χ4v) is 9.02. The minimum Gasteiger partial charge on any atom is -0.514 e. The predicted octanol–water partition coefficient (Wildman–Crippen LogP) is 2.40. The van der Waals surface area contributed by atoms with Crippen LogP contribution in [0.5, 0.6) is 11.5 Å². The highest BCUT2D eigenvalue weighted by Gasteiger charge is 2.54.